The molecule has 0 spiro atoms. The summed E-state index contributed by atoms with van der Waals surface area (Å²) in [5.74, 6) is -0.454. The minimum absolute atomic E-state index is 0.170. The lowest BCUT2D eigenvalue weighted by Gasteiger charge is -2.30. The molecular weight excluding hydrogens is 232 g/mol. The van der Waals surface area contributed by atoms with Gasteiger partial charge in [-0.1, -0.05) is 0 Å². The molecule has 1 aliphatic rings. The lowest BCUT2D eigenvalue weighted by atomic mass is 9.93. The summed E-state index contributed by atoms with van der Waals surface area (Å²) in [6, 6.07) is 0. The molecule has 1 saturated heterocycles. The van der Waals surface area contributed by atoms with Crippen molar-refractivity contribution >= 4 is 16.2 Å². The largest absolute Gasteiger partial charge is 0.481 e. The zero-order valence-electron chi connectivity index (χ0n) is 9.35. The van der Waals surface area contributed by atoms with Crippen LogP contribution >= 0.6 is 0 Å². The van der Waals surface area contributed by atoms with Gasteiger partial charge in [0.25, 0.3) is 10.2 Å². The number of carbonyl (C=O) groups is 1. The minimum atomic E-state index is -3.31. The molecule has 7 heteroatoms. The van der Waals surface area contributed by atoms with E-state index in [9.17, 15) is 13.2 Å². The van der Waals surface area contributed by atoms with E-state index >= 15 is 0 Å². The molecule has 0 atom stereocenters. The molecule has 0 aromatic carbocycles. The summed E-state index contributed by atoms with van der Waals surface area (Å²) < 4.78 is 26.6. The zero-order chi connectivity index (χ0) is 12.2. The standard InChI is InChI=1S/C9H18N2O4S/c1-10-16(14,15)11-6-4-8(5-7-11)2-3-9(12)13/h8,10H,2-7H2,1H3,(H,12,13). The van der Waals surface area contributed by atoms with Crippen LogP contribution in [0, 0.1) is 5.92 Å². The van der Waals surface area contributed by atoms with E-state index in [1.54, 1.807) is 0 Å². The molecule has 1 rings (SSSR count). The molecule has 0 bridgehead atoms. The Labute approximate surface area is 95.8 Å². The molecule has 0 radical (unpaired) electrons. The number of nitrogens with zero attached hydrogens (tertiary/aromatic N) is 1. The van der Waals surface area contributed by atoms with Crippen molar-refractivity contribution < 1.29 is 18.3 Å². The molecule has 2 N–H and O–H groups in total. The van der Waals surface area contributed by atoms with Gasteiger partial charge in [0.15, 0.2) is 0 Å². The van der Waals surface area contributed by atoms with Crippen LogP contribution in [0.3, 0.4) is 0 Å². The molecule has 1 heterocycles. The Hall–Kier alpha value is -0.660. The number of carboxylic acid groups (broad SMARTS) is 1. The Kier molecular flexibility index (Phi) is 4.69. The van der Waals surface area contributed by atoms with Gasteiger partial charge in [-0.25, -0.2) is 4.72 Å². The van der Waals surface area contributed by atoms with Crippen molar-refractivity contribution in [2.24, 2.45) is 5.92 Å². The molecule has 0 aromatic rings. The molecule has 0 amide bonds. The number of hydrogen-bond donors (Lipinski definition) is 2. The normalized spacial score (nSPS) is 19.8. The van der Waals surface area contributed by atoms with Crippen LogP contribution < -0.4 is 4.72 Å². The first kappa shape index (κ1) is 13.4. The number of carboxylic acids is 1. The van der Waals surface area contributed by atoms with E-state index in [-0.39, 0.29) is 6.42 Å². The number of nitrogens with one attached hydrogen (secondary N) is 1. The maximum atomic E-state index is 11.4. The lowest BCUT2D eigenvalue weighted by Crippen LogP contribution is -2.43. The Bertz CT molecular complexity index is 333. The summed E-state index contributed by atoms with van der Waals surface area (Å²) in [7, 11) is -1.91. The first-order valence-corrected chi connectivity index (χ1v) is 6.80. The van der Waals surface area contributed by atoms with Crippen molar-refractivity contribution in [1.29, 1.82) is 0 Å². The predicted molar refractivity (Wildman–Crippen MR) is 59.1 cm³/mol. The van der Waals surface area contributed by atoms with Gasteiger partial charge in [-0.15, -0.1) is 0 Å². The van der Waals surface area contributed by atoms with E-state index in [0.717, 1.165) is 12.8 Å². The van der Waals surface area contributed by atoms with E-state index in [2.05, 4.69) is 4.72 Å². The third kappa shape index (κ3) is 3.73. The van der Waals surface area contributed by atoms with Crippen LogP contribution in [0.25, 0.3) is 0 Å². The first-order valence-electron chi connectivity index (χ1n) is 5.36. The van der Waals surface area contributed by atoms with Crippen LogP contribution in [0.15, 0.2) is 0 Å². The highest BCUT2D eigenvalue weighted by molar-refractivity contribution is 7.87. The van der Waals surface area contributed by atoms with Crippen molar-refractivity contribution in [2.45, 2.75) is 25.7 Å². The number of hydrogen-bond acceptors (Lipinski definition) is 3. The van der Waals surface area contributed by atoms with Crippen LogP contribution in [0.5, 0.6) is 0 Å². The summed E-state index contributed by atoms with van der Waals surface area (Å²) >= 11 is 0. The maximum Gasteiger partial charge on any atom is 0.303 e. The monoisotopic (exact) mass is 250 g/mol. The number of piperidine rings is 1. The average Bonchev–Trinajstić information content (AvgIpc) is 2.27. The molecule has 0 aliphatic carbocycles. The Morgan fingerprint density at radius 2 is 2.00 bits per heavy atom. The van der Waals surface area contributed by atoms with Crippen molar-refractivity contribution in [3.63, 3.8) is 0 Å². The van der Waals surface area contributed by atoms with E-state index in [1.807, 2.05) is 0 Å². The molecule has 6 nitrogen and oxygen atoms in total. The highest BCUT2D eigenvalue weighted by Gasteiger charge is 2.26. The van der Waals surface area contributed by atoms with Gasteiger partial charge >= 0.3 is 5.97 Å². The SMILES string of the molecule is CNS(=O)(=O)N1CCC(CCC(=O)O)CC1. The van der Waals surface area contributed by atoms with Crippen LogP contribution in [0.4, 0.5) is 0 Å². The topological polar surface area (TPSA) is 86.7 Å². The number of rotatable bonds is 5. The maximum absolute atomic E-state index is 11.4. The quantitative estimate of drug-likeness (QED) is 0.720. The third-order valence-corrected chi connectivity index (χ3v) is 4.50. The van der Waals surface area contributed by atoms with Crippen molar-refractivity contribution in [2.75, 3.05) is 20.1 Å². The van der Waals surface area contributed by atoms with Gasteiger partial charge in [-0.05, 0) is 25.2 Å². The number of aliphatic carboxylic acids is 1. The van der Waals surface area contributed by atoms with Crippen LogP contribution in [-0.2, 0) is 15.0 Å². The van der Waals surface area contributed by atoms with Gasteiger partial charge in [-0.3, -0.25) is 4.79 Å². The second-order valence-corrected chi connectivity index (χ2v) is 5.86. The summed E-state index contributed by atoms with van der Waals surface area (Å²) in [4.78, 5) is 10.4. The average molecular weight is 250 g/mol. The fraction of sp³-hybridized carbons (Fsp3) is 0.889. The predicted octanol–water partition coefficient (Wildman–Crippen LogP) is 0.0274. The first-order chi connectivity index (χ1) is 7.45. The molecule has 0 aromatic heterocycles. The summed E-state index contributed by atoms with van der Waals surface area (Å²) in [5.41, 5.74) is 0. The van der Waals surface area contributed by atoms with E-state index in [0.29, 0.717) is 25.4 Å². The summed E-state index contributed by atoms with van der Waals surface area (Å²) in [5, 5.41) is 8.55. The van der Waals surface area contributed by atoms with Crippen LogP contribution in [-0.4, -0.2) is 43.9 Å². The molecule has 16 heavy (non-hydrogen) atoms. The molecular formula is C9H18N2O4S. The fourth-order valence-corrected chi connectivity index (χ4v) is 2.84. The highest BCUT2D eigenvalue weighted by Crippen LogP contribution is 2.22. The Balaban J connectivity index is 2.37. The smallest absolute Gasteiger partial charge is 0.303 e. The van der Waals surface area contributed by atoms with Gasteiger partial charge in [0.05, 0.1) is 0 Å². The second-order valence-electron chi connectivity index (χ2n) is 3.98. The van der Waals surface area contributed by atoms with Crippen LogP contribution in [0.2, 0.25) is 0 Å². The summed E-state index contributed by atoms with van der Waals surface area (Å²) in [6.45, 7) is 0.959. The lowest BCUT2D eigenvalue weighted by molar-refractivity contribution is -0.137. The van der Waals surface area contributed by atoms with Gasteiger partial charge < -0.3 is 5.11 Å². The van der Waals surface area contributed by atoms with Crippen molar-refractivity contribution in [1.82, 2.24) is 9.03 Å². The fourth-order valence-electron chi connectivity index (χ4n) is 1.90. The molecule has 94 valence electrons. The van der Waals surface area contributed by atoms with E-state index in [4.69, 9.17) is 5.11 Å². The minimum Gasteiger partial charge on any atom is -0.481 e. The zero-order valence-corrected chi connectivity index (χ0v) is 10.2. The van der Waals surface area contributed by atoms with Gasteiger partial charge in [-0.2, -0.15) is 12.7 Å². The summed E-state index contributed by atoms with van der Waals surface area (Å²) in [6.07, 6.45) is 2.30. The molecule has 0 unspecified atom stereocenters. The van der Waals surface area contributed by atoms with Gasteiger partial charge in [0, 0.05) is 26.6 Å². The Morgan fingerprint density at radius 3 is 2.44 bits per heavy atom. The molecule has 1 fully saturated rings. The highest BCUT2D eigenvalue weighted by atomic mass is 32.2. The van der Waals surface area contributed by atoms with Gasteiger partial charge in [0.2, 0.25) is 0 Å². The Morgan fingerprint density at radius 1 is 1.44 bits per heavy atom. The van der Waals surface area contributed by atoms with E-state index in [1.165, 1.54) is 11.4 Å². The van der Waals surface area contributed by atoms with Crippen LogP contribution in [0.1, 0.15) is 25.7 Å². The van der Waals surface area contributed by atoms with Crippen molar-refractivity contribution in [3.05, 3.63) is 0 Å². The van der Waals surface area contributed by atoms with Gasteiger partial charge in [0.1, 0.15) is 0 Å². The third-order valence-electron chi connectivity index (χ3n) is 2.94. The van der Waals surface area contributed by atoms with Crippen molar-refractivity contribution in [3.8, 4) is 0 Å². The molecule has 0 saturated carbocycles. The van der Waals surface area contributed by atoms with E-state index < -0.39 is 16.2 Å². The molecule has 1 aliphatic heterocycles. The second kappa shape index (κ2) is 5.60.